The minimum atomic E-state index is -2.59. The lowest BCUT2D eigenvalue weighted by atomic mass is 10.2. The summed E-state index contributed by atoms with van der Waals surface area (Å²) in [4.78, 5) is -0.0124. The van der Waals surface area contributed by atoms with Gasteiger partial charge in [-0.25, -0.2) is 0 Å². The highest BCUT2D eigenvalue weighted by atomic mass is 28.4. The zero-order chi connectivity index (χ0) is 24.5. The zero-order valence-electron chi connectivity index (χ0n) is 22.8. The summed E-state index contributed by atoms with van der Waals surface area (Å²) < 4.78 is 22.2. The van der Waals surface area contributed by atoms with Gasteiger partial charge in [0.25, 0.3) is 0 Å². The van der Waals surface area contributed by atoms with Crippen molar-refractivity contribution in [2.24, 2.45) is 0 Å². The van der Waals surface area contributed by atoms with Crippen LogP contribution < -0.4 is 5.19 Å². The van der Waals surface area contributed by atoms with Crippen LogP contribution in [0.25, 0.3) is 0 Å². The van der Waals surface area contributed by atoms with Crippen molar-refractivity contribution in [2.45, 2.75) is 112 Å². The van der Waals surface area contributed by atoms with E-state index in [1.54, 1.807) is 5.19 Å². The Hall–Kier alpha value is -0.0325. The van der Waals surface area contributed by atoms with E-state index in [2.05, 4.69) is 69.6 Å². The standard InChI is InChI=1S/C27H50O3Si4/c1-31(2)25(18-10-13-21-28-25)34(24-16-8-7-9-17-24,26(32(3)4)19-11-14-22-29-26)27(33(5)6)20-12-15-23-30-27/h7-9,16-17,31-33H,10-15,18-23H2,1-6H3. The van der Waals surface area contributed by atoms with Gasteiger partial charge in [0.15, 0.2) is 8.07 Å². The van der Waals surface area contributed by atoms with E-state index in [0.717, 1.165) is 19.8 Å². The van der Waals surface area contributed by atoms with Crippen molar-refractivity contribution < 1.29 is 14.2 Å². The molecule has 1 aromatic carbocycles. The predicted molar refractivity (Wildman–Crippen MR) is 156 cm³/mol. The fourth-order valence-electron chi connectivity index (χ4n) is 8.50. The van der Waals surface area contributed by atoms with Gasteiger partial charge in [-0.1, -0.05) is 74.8 Å². The molecule has 3 aliphatic rings. The summed E-state index contributed by atoms with van der Waals surface area (Å²) in [5.74, 6) is 0. The topological polar surface area (TPSA) is 27.7 Å². The molecule has 0 spiro atoms. The summed E-state index contributed by atoms with van der Waals surface area (Å²) >= 11 is 0. The SMILES string of the molecule is C[SiH](C)C1([Si](c2ccccc2)(C2([SiH](C)C)CCCCO2)C2([SiH](C)C)CCCCO2)CCCCO1. The third-order valence-electron chi connectivity index (χ3n) is 9.82. The van der Waals surface area contributed by atoms with E-state index in [-0.39, 0.29) is 14.5 Å². The van der Waals surface area contributed by atoms with Crippen molar-refractivity contribution in [3.8, 4) is 0 Å². The first kappa shape index (κ1) is 27.0. The molecule has 0 saturated carbocycles. The van der Waals surface area contributed by atoms with Crippen LogP contribution in [-0.4, -0.2) is 68.8 Å². The Balaban J connectivity index is 2.19. The number of hydrogen-bond donors (Lipinski definition) is 0. The monoisotopic (exact) mass is 534 g/mol. The molecule has 3 fully saturated rings. The minimum Gasteiger partial charge on any atom is -0.381 e. The Morgan fingerprint density at radius 2 is 0.912 bits per heavy atom. The number of ether oxygens (including phenoxy) is 3. The molecule has 3 saturated heterocycles. The number of hydrogen-bond acceptors (Lipinski definition) is 3. The largest absolute Gasteiger partial charge is 0.381 e. The molecule has 3 nitrogen and oxygen atoms in total. The van der Waals surface area contributed by atoms with Crippen LogP contribution in [0, 0.1) is 0 Å². The van der Waals surface area contributed by atoms with Gasteiger partial charge >= 0.3 is 0 Å². The molecule has 4 rings (SSSR count). The van der Waals surface area contributed by atoms with Crippen LogP contribution in [0.1, 0.15) is 57.8 Å². The lowest BCUT2D eigenvalue weighted by Gasteiger charge is -2.70. The van der Waals surface area contributed by atoms with Crippen molar-refractivity contribution in [3.05, 3.63) is 30.3 Å². The molecule has 3 atom stereocenters. The molecule has 34 heavy (non-hydrogen) atoms. The highest BCUT2D eigenvalue weighted by Crippen LogP contribution is 2.55. The fourth-order valence-corrected chi connectivity index (χ4v) is 36.9. The summed E-state index contributed by atoms with van der Waals surface area (Å²) in [5.41, 5.74) is 0. The molecule has 0 bridgehead atoms. The number of benzene rings is 1. The van der Waals surface area contributed by atoms with Crippen LogP contribution in [0.5, 0.6) is 0 Å². The first-order chi connectivity index (χ1) is 16.3. The lowest BCUT2D eigenvalue weighted by Crippen LogP contribution is -2.96. The van der Waals surface area contributed by atoms with E-state index in [0.29, 0.717) is 0 Å². The quantitative estimate of drug-likeness (QED) is 0.468. The van der Waals surface area contributed by atoms with Gasteiger partial charge in [-0.05, 0) is 57.8 Å². The molecule has 3 aliphatic heterocycles. The molecule has 3 heterocycles. The van der Waals surface area contributed by atoms with E-state index < -0.39 is 34.5 Å². The van der Waals surface area contributed by atoms with Crippen LogP contribution in [0.15, 0.2) is 30.3 Å². The summed E-state index contributed by atoms with van der Waals surface area (Å²) in [6.07, 6.45) is 11.2. The molecule has 192 valence electrons. The van der Waals surface area contributed by atoms with Crippen LogP contribution in [0.4, 0.5) is 0 Å². The molecular formula is C27H50O3Si4. The summed E-state index contributed by atoms with van der Waals surface area (Å²) in [6.45, 7) is 18.4. The average Bonchev–Trinajstić information content (AvgIpc) is 2.86. The Morgan fingerprint density at radius 1 is 0.559 bits per heavy atom. The molecule has 0 amide bonds. The smallest absolute Gasteiger partial charge is 0.179 e. The van der Waals surface area contributed by atoms with Crippen molar-refractivity contribution in [3.63, 3.8) is 0 Å². The maximum absolute atomic E-state index is 7.41. The Labute approximate surface area is 215 Å². The minimum absolute atomic E-state index is 0.00414. The van der Waals surface area contributed by atoms with Gasteiger partial charge in [0.1, 0.15) is 0 Å². The predicted octanol–water partition coefficient (Wildman–Crippen LogP) is 4.86. The van der Waals surface area contributed by atoms with Gasteiger partial charge in [0.05, 0.1) is 40.9 Å². The third-order valence-corrected chi connectivity index (χ3v) is 32.1. The first-order valence-electron chi connectivity index (χ1n) is 14.3. The molecule has 3 unspecified atom stereocenters. The van der Waals surface area contributed by atoms with E-state index in [9.17, 15) is 0 Å². The van der Waals surface area contributed by atoms with Crippen molar-refractivity contribution in [1.29, 1.82) is 0 Å². The van der Waals surface area contributed by atoms with E-state index in [1.165, 1.54) is 57.8 Å². The zero-order valence-corrected chi connectivity index (χ0v) is 27.3. The third kappa shape index (κ3) is 3.87. The molecule has 7 heteroatoms. The molecule has 0 aromatic heterocycles. The second-order valence-corrected chi connectivity index (χ2v) is 28.2. The Bertz CT molecular complexity index is 706. The van der Waals surface area contributed by atoms with Gasteiger partial charge < -0.3 is 14.2 Å². The van der Waals surface area contributed by atoms with Crippen LogP contribution >= 0.6 is 0 Å². The second kappa shape index (κ2) is 10.8. The van der Waals surface area contributed by atoms with Gasteiger partial charge in [-0.3, -0.25) is 0 Å². The van der Waals surface area contributed by atoms with Gasteiger partial charge in [0, 0.05) is 19.8 Å². The maximum Gasteiger partial charge on any atom is 0.179 e. The molecule has 0 aliphatic carbocycles. The molecular weight excluding hydrogens is 485 g/mol. The van der Waals surface area contributed by atoms with E-state index in [1.807, 2.05) is 0 Å². The normalized spacial score (nSPS) is 35.0. The van der Waals surface area contributed by atoms with Gasteiger partial charge in [0.2, 0.25) is 0 Å². The Kier molecular flexibility index (Phi) is 8.55. The average molecular weight is 535 g/mol. The highest BCUT2D eigenvalue weighted by Gasteiger charge is 2.78. The first-order valence-corrected chi connectivity index (χ1v) is 24.9. The summed E-state index contributed by atoms with van der Waals surface area (Å²) in [5, 5.41) is 1.62. The van der Waals surface area contributed by atoms with Gasteiger partial charge in [-0.2, -0.15) is 0 Å². The maximum atomic E-state index is 7.41. The molecule has 0 radical (unpaired) electrons. The summed E-state index contributed by atoms with van der Waals surface area (Å²) in [6, 6.07) is 11.9. The molecule has 1 aromatic rings. The highest BCUT2D eigenvalue weighted by molar-refractivity contribution is 7.15. The van der Waals surface area contributed by atoms with Crippen molar-refractivity contribution in [1.82, 2.24) is 0 Å². The Morgan fingerprint density at radius 3 is 1.18 bits per heavy atom. The molecule has 0 N–H and O–H groups in total. The van der Waals surface area contributed by atoms with Crippen molar-refractivity contribution in [2.75, 3.05) is 19.8 Å². The number of rotatable bonds is 7. The van der Waals surface area contributed by atoms with E-state index in [4.69, 9.17) is 14.2 Å². The van der Waals surface area contributed by atoms with Crippen LogP contribution in [0.2, 0.25) is 39.3 Å². The van der Waals surface area contributed by atoms with E-state index >= 15 is 0 Å². The van der Waals surface area contributed by atoms with Crippen LogP contribution in [0.3, 0.4) is 0 Å². The van der Waals surface area contributed by atoms with Crippen LogP contribution in [-0.2, 0) is 14.2 Å². The van der Waals surface area contributed by atoms with Crippen molar-refractivity contribution >= 4 is 39.7 Å². The second-order valence-electron chi connectivity index (χ2n) is 12.2. The summed E-state index contributed by atoms with van der Waals surface area (Å²) in [7, 11) is -6.40. The van der Waals surface area contributed by atoms with Gasteiger partial charge in [-0.15, -0.1) is 0 Å². The lowest BCUT2D eigenvalue weighted by molar-refractivity contribution is -0.0412. The fraction of sp³-hybridized carbons (Fsp3) is 0.778.